The summed E-state index contributed by atoms with van der Waals surface area (Å²) in [6, 6.07) is 0.294. The van der Waals surface area contributed by atoms with Crippen LogP contribution in [0.1, 0.15) is 35.6 Å². The van der Waals surface area contributed by atoms with Crippen molar-refractivity contribution in [1.29, 1.82) is 0 Å². The van der Waals surface area contributed by atoms with Gasteiger partial charge in [0, 0.05) is 18.6 Å². The van der Waals surface area contributed by atoms with Crippen molar-refractivity contribution >= 4 is 22.9 Å². The topological polar surface area (TPSA) is 111 Å². The molecule has 27 heavy (non-hydrogen) atoms. The highest BCUT2D eigenvalue weighted by molar-refractivity contribution is 7.16. The Bertz CT molecular complexity index is 903. The van der Waals surface area contributed by atoms with Gasteiger partial charge in [-0.3, -0.25) is 19.4 Å². The first-order valence-electron chi connectivity index (χ1n) is 8.87. The zero-order valence-electron chi connectivity index (χ0n) is 14.9. The van der Waals surface area contributed by atoms with Crippen LogP contribution in [0, 0.1) is 5.92 Å². The number of rotatable bonds is 5. The minimum absolute atomic E-state index is 0.273. The summed E-state index contributed by atoms with van der Waals surface area (Å²) >= 11 is 1.18. The van der Waals surface area contributed by atoms with Gasteiger partial charge in [0.2, 0.25) is 5.01 Å². The lowest BCUT2D eigenvalue weighted by Crippen LogP contribution is -2.31. The lowest BCUT2D eigenvalue weighted by atomic mass is 9.91. The Morgan fingerprint density at radius 2 is 2.15 bits per heavy atom. The maximum Gasteiger partial charge on any atom is 0.286 e. The minimum atomic E-state index is -0.309. The lowest BCUT2D eigenvalue weighted by molar-refractivity contribution is 0.102. The molecule has 1 unspecified atom stereocenters. The van der Waals surface area contributed by atoms with Crippen LogP contribution in [0.15, 0.2) is 31.0 Å². The molecule has 0 aliphatic carbocycles. The predicted octanol–water partition coefficient (Wildman–Crippen LogP) is 2.00. The fraction of sp³-hybridized carbons (Fsp3) is 0.412. The largest absolute Gasteiger partial charge is 0.317 e. The number of anilines is 1. The fourth-order valence-corrected chi connectivity index (χ4v) is 3.88. The summed E-state index contributed by atoms with van der Waals surface area (Å²) < 4.78 is 1.93. The summed E-state index contributed by atoms with van der Waals surface area (Å²) in [6.07, 6.45) is 10.6. The second kappa shape index (κ2) is 7.89. The second-order valence-corrected chi connectivity index (χ2v) is 7.47. The van der Waals surface area contributed by atoms with Gasteiger partial charge in [-0.25, -0.2) is 0 Å². The summed E-state index contributed by atoms with van der Waals surface area (Å²) in [7, 11) is 0. The van der Waals surface area contributed by atoms with E-state index in [9.17, 15) is 4.79 Å². The van der Waals surface area contributed by atoms with E-state index in [0.29, 0.717) is 28.3 Å². The third-order valence-corrected chi connectivity index (χ3v) is 5.69. The molecule has 0 radical (unpaired) electrons. The van der Waals surface area contributed by atoms with Crippen molar-refractivity contribution in [1.82, 2.24) is 35.3 Å². The summed E-state index contributed by atoms with van der Waals surface area (Å²) in [5.74, 6) is 0.282. The van der Waals surface area contributed by atoms with E-state index in [-0.39, 0.29) is 10.9 Å². The molecule has 3 aromatic heterocycles. The van der Waals surface area contributed by atoms with Crippen LogP contribution in [0.3, 0.4) is 0 Å². The first-order valence-corrected chi connectivity index (χ1v) is 9.68. The Hall–Kier alpha value is -2.72. The molecule has 1 amide bonds. The van der Waals surface area contributed by atoms with Crippen molar-refractivity contribution in [2.45, 2.75) is 25.8 Å². The van der Waals surface area contributed by atoms with Crippen LogP contribution in [0.4, 0.5) is 5.69 Å². The number of carbonyl (C=O) groups is 1. The van der Waals surface area contributed by atoms with E-state index in [0.717, 1.165) is 25.9 Å². The number of nitrogens with zero attached hydrogens (tertiary/aromatic N) is 6. The van der Waals surface area contributed by atoms with Gasteiger partial charge in [0.05, 0.1) is 24.1 Å². The summed E-state index contributed by atoms with van der Waals surface area (Å²) in [5.41, 5.74) is 1.25. The Morgan fingerprint density at radius 3 is 2.93 bits per heavy atom. The van der Waals surface area contributed by atoms with Gasteiger partial charge in [0.1, 0.15) is 5.69 Å². The number of carbonyl (C=O) groups excluding carboxylic acids is 1. The quantitative estimate of drug-likeness (QED) is 0.692. The molecule has 10 heteroatoms. The van der Waals surface area contributed by atoms with Crippen molar-refractivity contribution in [3.05, 3.63) is 36.0 Å². The molecule has 2 N–H and O–H groups in total. The van der Waals surface area contributed by atoms with Gasteiger partial charge < -0.3 is 10.6 Å². The molecule has 1 aliphatic rings. The number of aromatic nitrogens is 6. The SMILES string of the molecule is CC(C1CCNCC1)n1cc(NC(=O)c2nnc(-c3cnccn3)s2)cn1. The third-order valence-electron chi connectivity index (χ3n) is 4.74. The number of hydrogen-bond acceptors (Lipinski definition) is 8. The molecule has 1 atom stereocenters. The molecule has 0 spiro atoms. The van der Waals surface area contributed by atoms with E-state index < -0.39 is 0 Å². The number of nitrogens with one attached hydrogen (secondary N) is 2. The van der Waals surface area contributed by atoms with Crippen molar-refractivity contribution in [3.63, 3.8) is 0 Å². The van der Waals surface area contributed by atoms with E-state index in [2.05, 4.69) is 42.8 Å². The minimum Gasteiger partial charge on any atom is -0.317 e. The molecule has 1 aliphatic heterocycles. The Labute approximate surface area is 160 Å². The van der Waals surface area contributed by atoms with E-state index >= 15 is 0 Å². The fourth-order valence-electron chi connectivity index (χ4n) is 3.18. The molecule has 9 nitrogen and oxygen atoms in total. The van der Waals surface area contributed by atoms with Gasteiger partial charge in [-0.05, 0) is 38.8 Å². The van der Waals surface area contributed by atoms with Crippen molar-refractivity contribution in [2.75, 3.05) is 18.4 Å². The molecule has 4 heterocycles. The van der Waals surface area contributed by atoms with Crippen molar-refractivity contribution in [2.24, 2.45) is 5.92 Å². The standard InChI is InChI=1S/C17H20N8OS/c1-11(12-2-4-18-5-3-12)25-10-13(8-21-25)22-15(26)17-24-23-16(27-17)14-9-19-6-7-20-14/h6-12,18H,2-5H2,1H3,(H,22,26). The van der Waals surface area contributed by atoms with Crippen LogP contribution in [0.2, 0.25) is 0 Å². The van der Waals surface area contributed by atoms with Crippen LogP contribution in [-0.4, -0.2) is 48.9 Å². The molecular weight excluding hydrogens is 364 g/mol. The Kier molecular flexibility index (Phi) is 5.16. The summed E-state index contributed by atoms with van der Waals surface area (Å²) in [5, 5.41) is 19.4. The lowest BCUT2D eigenvalue weighted by Gasteiger charge is -2.28. The maximum atomic E-state index is 12.5. The van der Waals surface area contributed by atoms with Crippen LogP contribution in [0.5, 0.6) is 0 Å². The van der Waals surface area contributed by atoms with Gasteiger partial charge in [-0.15, -0.1) is 10.2 Å². The predicted molar refractivity (Wildman–Crippen MR) is 101 cm³/mol. The highest BCUT2D eigenvalue weighted by Gasteiger charge is 2.22. The van der Waals surface area contributed by atoms with Crippen LogP contribution in [0.25, 0.3) is 10.7 Å². The summed E-state index contributed by atoms with van der Waals surface area (Å²) in [4.78, 5) is 20.6. The maximum absolute atomic E-state index is 12.5. The van der Waals surface area contributed by atoms with Crippen molar-refractivity contribution in [3.8, 4) is 10.7 Å². The van der Waals surface area contributed by atoms with Crippen LogP contribution >= 0.6 is 11.3 Å². The Balaban J connectivity index is 1.41. The molecule has 140 valence electrons. The smallest absolute Gasteiger partial charge is 0.286 e. The number of amides is 1. The highest BCUT2D eigenvalue weighted by atomic mass is 32.1. The third kappa shape index (κ3) is 4.01. The molecule has 0 bridgehead atoms. The molecule has 1 fully saturated rings. The first kappa shape index (κ1) is 17.7. The van der Waals surface area contributed by atoms with Crippen LogP contribution < -0.4 is 10.6 Å². The number of hydrogen-bond donors (Lipinski definition) is 2. The average Bonchev–Trinajstić information content (AvgIpc) is 3.39. The zero-order valence-corrected chi connectivity index (χ0v) is 15.7. The Morgan fingerprint density at radius 1 is 1.30 bits per heavy atom. The van der Waals surface area contributed by atoms with Crippen LogP contribution in [-0.2, 0) is 0 Å². The normalized spacial score (nSPS) is 16.2. The molecule has 4 rings (SSSR count). The zero-order chi connectivity index (χ0) is 18.6. The van der Waals surface area contributed by atoms with Gasteiger partial charge in [-0.2, -0.15) is 5.10 Å². The van der Waals surface area contributed by atoms with Gasteiger partial charge in [0.15, 0.2) is 5.01 Å². The van der Waals surface area contributed by atoms with E-state index in [4.69, 9.17) is 0 Å². The van der Waals surface area contributed by atoms with Gasteiger partial charge in [-0.1, -0.05) is 11.3 Å². The van der Waals surface area contributed by atoms with E-state index in [1.165, 1.54) is 11.3 Å². The average molecular weight is 384 g/mol. The summed E-state index contributed by atoms with van der Waals surface area (Å²) in [6.45, 7) is 4.27. The van der Waals surface area contributed by atoms with Gasteiger partial charge >= 0.3 is 0 Å². The van der Waals surface area contributed by atoms with E-state index in [1.807, 2.05) is 10.9 Å². The molecule has 0 aromatic carbocycles. The highest BCUT2D eigenvalue weighted by Crippen LogP contribution is 2.26. The second-order valence-electron chi connectivity index (χ2n) is 6.49. The molecule has 0 saturated carbocycles. The van der Waals surface area contributed by atoms with E-state index in [1.54, 1.807) is 24.8 Å². The number of piperidine rings is 1. The monoisotopic (exact) mass is 384 g/mol. The molecule has 3 aromatic rings. The van der Waals surface area contributed by atoms with Gasteiger partial charge in [0.25, 0.3) is 5.91 Å². The first-order chi connectivity index (χ1) is 13.2. The van der Waals surface area contributed by atoms with Crippen molar-refractivity contribution < 1.29 is 4.79 Å². The molecule has 1 saturated heterocycles. The molecular formula is C17H20N8OS.